The van der Waals surface area contributed by atoms with Gasteiger partial charge in [0.05, 0.1) is 17.3 Å². The van der Waals surface area contributed by atoms with Gasteiger partial charge in [-0.2, -0.15) is 0 Å². The van der Waals surface area contributed by atoms with Gasteiger partial charge in [0.1, 0.15) is 5.52 Å². The fraction of sp³-hybridized carbons (Fsp3) is 0.362. The van der Waals surface area contributed by atoms with Crippen molar-refractivity contribution >= 4 is 28.1 Å². The van der Waals surface area contributed by atoms with Crippen LogP contribution in [-0.2, 0) is 6.42 Å². The van der Waals surface area contributed by atoms with Gasteiger partial charge >= 0.3 is 0 Å². The monoisotopic (exact) mass is 734 g/mol. The summed E-state index contributed by atoms with van der Waals surface area (Å²) in [5, 5.41) is 12.3. The Hall–Kier alpha value is -5.34. The number of allylic oxidation sites excluding steroid dienone is 1. The molecule has 0 bridgehead atoms. The zero-order valence-electron chi connectivity index (χ0n) is 33.1. The SMILES string of the molecule is C=CCCC(C(=C)NC)N1CCCc2c(N3CCC(N4CCN(c5ccc(-n6ccc7nnc(-c8ccccc8)cc76)cc5)C(=C)C4)CC3)cccc21.CC. The average molecular weight is 735 g/mol. The van der Waals surface area contributed by atoms with E-state index in [0.29, 0.717) is 6.04 Å². The van der Waals surface area contributed by atoms with E-state index in [1.165, 1.54) is 47.6 Å². The number of nitrogens with one attached hydrogen (secondary N) is 1. The smallest absolute Gasteiger partial charge is 0.111 e. The number of aromatic nitrogens is 3. The first kappa shape index (κ1) is 38.0. The number of likely N-dealkylation sites (N-methyl/N-ethyl adjacent to an activating group) is 1. The lowest BCUT2D eigenvalue weighted by atomic mass is 9.94. The molecule has 8 nitrogen and oxygen atoms in total. The molecule has 55 heavy (non-hydrogen) atoms. The first-order valence-electron chi connectivity index (χ1n) is 20.3. The van der Waals surface area contributed by atoms with Gasteiger partial charge in [-0.25, -0.2) is 0 Å². The van der Waals surface area contributed by atoms with Crippen molar-refractivity contribution in [1.82, 2.24) is 25.0 Å². The lowest BCUT2D eigenvalue weighted by Crippen LogP contribution is -2.52. The number of hydrogen-bond donors (Lipinski definition) is 1. The highest BCUT2D eigenvalue weighted by molar-refractivity contribution is 5.81. The molecule has 1 unspecified atom stereocenters. The maximum absolute atomic E-state index is 4.57. The van der Waals surface area contributed by atoms with Crippen LogP contribution >= 0.6 is 0 Å². The molecule has 5 aromatic rings. The zero-order chi connectivity index (χ0) is 38.3. The molecule has 8 rings (SSSR count). The summed E-state index contributed by atoms with van der Waals surface area (Å²) < 4.78 is 2.20. The summed E-state index contributed by atoms with van der Waals surface area (Å²) in [6, 6.07) is 31.0. The highest BCUT2D eigenvalue weighted by Gasteiger charge is 2.32. The van der Waals surface area contributed by atoms with E-state index >= 15 is 0 Å². The number of piperidine rings is 1. The number of benzene rings is 3. The molecular formula is C47H58N8. The van der Waals surface area contributed by atoms with Crippen LogP contribution in [0.2, 0.25) is 0 Å². The summed E-state index contributed by atoms with van der Waals surface area (Å²) in [4.78, 5) is 10.3. The predicted molar refractivity (Wildman–Crippen MR) is 232 cm³/mol. The van der Waals surface area contributed by atoms with Gasteiger partial charge in [-0.15, -0.1) is 16.8 Å². The molecular weight excluding hydrogens is 677 g/mol. The van der Waals surface area contributed by atoms with Gasteiger partial charge in [0.15, 0.2) is 0 Å². The topological polar surface area (TPSA) is 55.7 Å². The normalized spacial score (nSPS) is 17.0. The minimum atomic E-state index is 0.270. The van der Waals surface area contributed by atoms with Crippen LogP contribution in [0.25, 0.3) is 28.0 Å². The Labute approximate surface area is 328 Å². The van der Waals surface area contributed by atoms with E-state index in [9.17, 15) is 0 Å². The van der Waals surface area contributed by atoms with Crippen molar-refractivity contribution < 1.29 is 0 Å². The van der Waals surface area contributed by atoms with Crippen molar-refractivity contribution in [2.24, 2.45) is 0 Å². The third kappa shape index (κ3) is 7.92. The Morgan fingerprint density at radius 1 is 0.873 bits per heavy atom. The second kappa shape index (κ2) is 17.4. The Bertz CT molecular complexity index is 2080. The fourth-order valence-electron chi connectivity index (χ4n) is 8.79. The van der Waals surface area contributed by atoms with Crippen molar-refractivity contribution in [2.45, 2.75) is 64.5 Å². The van der Waals surface area contributed by atoms with Crippen molar-refractivity contribution in [3.05, 3.63) is 134 Å². The molecule has 0 amide bonds. The molecule has 2 aromatic heterocycles. The van der Waals surface area contributed by atoms with Gasteiger partial charge in [-0.05, 0) is 92.6 Å². The lowest BCUT2D eigenvalue weighted by molar-refractivity contribution is 0.174. The molecule has 3 aliphatic rings. The lowest BCUT2D eigenvalue weighted by Gasteiger charge is -2.45. The summed E-state index contributed by atoms with van der Waals surface area (Å²) in [5.41, 5.74) is 12.8. The quantitative estimate of drug-likeness (QED) is 0.136. The summed E-state index contributed by atoms with van der Waals surface area (Å²) >= 11 is 0. The molecule has 0 saturated carbocycles. The highest BCUT2D eigenvalue weighted by atomic mass is 15.3. The van der Waals surface area contributed by atoms with Gasteiger partial charge in [-0.3, -0.25) is 4.90 Å². The number of nitrogens with zero attached hydrogens (tertiary/aromatic N) is 7. The van der Waals surface area contributed by atoms with Gasteiger partial charge in [0, 0.05) is 98.3 Å². The molecule has 1 atom stereocenters. The van der Waals surface area contributed by atoms with E-state index in [1.807, 2.05) is 51.2 Å². The molecule has 286 valence electrons. The molecule has 0 aliphatic carbocycles. The molecule has 3 aromatic carbocycles. The third-order valence-electron chi connectivity index (χ3n) is 11.7. The second-order valence-corrected chi connectivity index (χ2v) is 14.7. The summed E-state index contributed by atoms with van der Waals surface area (Å²) in [6.45, 7) is 23.1. The van der Waals surface area contributed by atoms with Gasteiger partial charge in [0.2, 0.25) is 0 Å². The summed E-state index contributed by atoms with van der Waals surface area (Å²) in [6.07, 6.45) is 10.8. The van der Waals surface area contributed by atoms with E-state index in [1.54, 1.807) is 0 Å². The zero-order valence-corrected chi connectivity index (χ0v) is 33.1. The van der Waals surface area contributed by atoms with Crippen molar-refractivity contribution in [3.8, 4) is 16.9 Å². The van der Waals surface area contributed by atoms with Crippen LogP contribution in [0.5, 0.6) is 0 Å². The molecule has 3 aliphatic heterocycles. The van der Waals surface area contributed by atoms with E-state index in [0.717, 1.165) is 92.2 Å². The number of piperazine rings is 1. The summed E-state index contributed by atoms with van der Waals surface area (Å²) in [5.74, 6) is 0. The van der Waals surface area contributed by atoms with E-state index in [-0.39, 0.29) is 6.04 Å². The van der Waals surface area contributed by atoms with Crippen molar-refractivity contribution in [1.29, 1.82) is 0 Å². The molecule has 0 radical (unpaired) electrons. The Morgan fingerprint density at radius 3 is 2.35 bits per heavy atom. The molecule has 2 saturated heterocycles. The van der Waals surface area contributed by atoms with Gasteiger partial charge < -0.3 is 24.6 Å². The van der Waals surface area contributed by atoms with Crippen LogP contribution in [0.1, 0.15) is 51.5 Å². The van der Waals surface area contributed by atoms with E-state index in [2.05, 4.69) is 126 Å². The van der Waals surface area contributed by atoms with Crippen LogP contribution in [0.15, 0.2) is 128 Å². The van der Waals surface area contributed by atoms with Crippen LogP contribution in [0.4, 0.5) is 17.1 Å². The molecule has 1 N–H and O–H groups in total. The van der Waals surface area contributed by atoms with Gasteiger partial charge in [-0.1, -0.05) is 69.5 Å². The largest absolute Gasteiger partial charge is 0.390 e. The molecule has 2 fully saturated rings. The number of anilines is 3. The second-order valence-electron chi connectivity index (χ2n) is 14.7. The van der Waals surface area contributed by atoms with Crippen LogP contribution < -0.4 is 20.0 Å². The number of rotatable bonds is 11. The average Bonchev–Trinajstić information content (AvgIpc) is 3.68. The summed E-state index contributed by atoms with van der Waals surface area (Å²) in [7, 11) is 1.99. The Morgan fingerprint density at radius 2 is 1.62 bits per heavy atom. The van der Waals surface area contributed by atoms with Crippen molar-refractivity contribution in [3.63, 3.8) is 0 Å². The first-order chi connectivity index (χ1) is 27.0. The predicted octanol–water partition coefficient (Wildman–Crippen LogP) is 9.24. The molecule has 0 spiro atoms. The van der Waals surface area contributed by atoms with E-state index in [4.69, 9.17) is 0 Å². The van der Waals surface area contributed by atoms with Crippen LogP contribution in [0, 0.1) is 0 Å². The Balaban J connectivity index is 0.00000229. The van der Waals surface area contributed by atoms with E-state index < -0.39 is 0 Å². The van der Waals surface area contributed by atoms with Crippen molar-refractivity contribution in [2.75, 3.05) is 61.0 Å². The highest BCUT2D eigenvalue weighted by Crippen LogP contribution is 2.39. The fourth-order valence-corrected chi connectivity index (χ4v) is 8.79. The molecule has 8 heteroatoms. The minimum Gasteiger partial charge on any atom is -0.390 e. The minimum absolute atomic E-state index is 0.270. The van der Waals surface area contributed by atoms with Gasteiger partial charge in [0.25, 0.3) is 0 Å². The van der Waals surface area contributed by atoms with Crippen LogP contribution in [-0.4, -0.2) is 78.1 Å². The standard InChI is InChI=1S/C45H52N8.C2H6/c1-5-6-15-42(34(3)46-4)53-25-11-14-39-43(16-10-17-44(39)53)49-26-22-36(23-27-49)50-29-30-51(33(2)32-50)37-18-20-38(21-19-37)52-28-24-40-45(52)31-41(48-47-40)35-12-8-7-9-13-35;1-2/h5,7-10,12-13,16-21,24,28,31,36,42,46H,1-3,6,11,14-15,22-23,25-27,29-30,32H2,4H3;1-2H3. The maximum atomic E-state index is 4.57. The van der Waals surface area contributed by atoms with Crippen LogP contribution in [0.3, 0.4) is 0 Å². The number of hydrogen-bond acceptors (Lipinski definition) is 7. The maximum Gasteiger partial charge on any atom is 0.111 e. The molecule has 5 heterocycles. The third-order valence-corrected chi connectivity index (χ3v) is 11.7. The Kier molecular flexibility index (Phi) is 12.0. The first-order valence-corrected chi connectivity index (χ1v) is 20.3. The number of fused-ring (bicyclic) bond motifs is 2.